The quantitative estimate of drug-likeness (QED) is 0.432. The molecule has 0 aliphatic carbocycles. The number of hydrogen-bond donors (Lipinski definition) is 0. The minimum absolute atomic E-state index is 0.0475. The second kappa shape index (κ2) is 5.13. The highest BCUT2D eigenvalue weighted by atomic mass is 16.5. The number of methoxy groups -OCH3 is 1. The zero-order chi connectivity index (χ0) is 12.1. The zero-order valence-corrected chi connectivity index (χ0v) is 9.57. The number of rotatable bonds is 2. The number of nitriles is 1. The van der Waals surface area contributed by atoms with E-state index in [1.165, 1.54) is 7.11 Å². The van der Waals surface area contributed by atoms with Crippen LogP contribution < -0.4 is 0 Å². The fourth-order valence-electron chi connectivity index (χ4n) is 1.33. The maximum Gasteiger partial charge on any atom is 0.348 e. The second-order valence-electron chi connectivity index (χ2n) is 3.47. The van der Waals surface area contributed by atoms with Gasteiger partial charge in [-0.25, -0.2) is 4.79 Å². The van der Waals surface area contributed by atoms with Gasteiger partial charge in [0.05, 0.1) is 7.11 Å². The van der Waals surface area contributed by atoms with E-state index in [1.54, 1.807) is 6.92 Å². The van der Waals surface area contributed by atoms with E-state index in [-0.39, 0.29) is 5.57 Å². The molecule has 0 atom stereocenters. The Morgan fingerprint density at radius 2 is 1.88 bits per heavy atom. The number of hydrogen-bond acceptors (Lipinski definition) is 3. The lowest BCUT2D eigenvalue weighted by Crippen LogP contribution is -2.05. The third kappa shape index (κ3) is 2.48. The van der Waals surface area contributed by atoms with E-state index in [0.29, 0.717) is 5.57 Å². The second-order valence-corrected chi connectivity index (χ2v) is 3.47. The molecule has 1 aromatic rings. The van der Waals surface area contributed by atoms with Crippen LogP contribution in [0, 0.1) is 18.3 Å². The molecule has 1 rings (SSSR count). The van der Waals surface area contributed by atoms with E-state index in [2.05, 4.69) is 4.74 Å². The Kier molecular flexibility index (Phi) is 3.84. The van der Waals surface area contributed by atoms with E-state index in [0.717, 1.165) is 11.1 Å². The molecule has 0 aliphatic rings. The average Bonchev–Trinajstić information content (AvgIpc) is 2.30. The molecule has 0 N–H and O–H groups in total. The third-order valence-electron chi connectivity index (χ3n) is 2.36. The molecule has 0 aliphatic heterocycles. The lowest BCUT2D eigenvalue weighted by atomic mass is 10.0. The molecular formula is C13H13NO2. The van der Waals surface area contributed by atoms with Crippen LogP contribution in [0.5, 0.6) is 0 Å². The maximum absolute atomic E-state index is 11.3. The van der Waals surface area contributed by atoms with Gasteiger partial charge in [-0.15, -0.1) is 0 Å². The lowest BCUT2D eigenvalue weighted by Gasteiger charge is -2.04. The number of carbonyl (C=O) groups excluding carboxylic acids is 1. The molecule has 3 heteroatoms. The average molecular weight is 215 g/mol. The molecule has 82 valence electrons. The molecular weight excluding hydrogens is 202 g/mol. The molecule has 0 bridgehead atoms. The number of benzene rings is 1. The molecule has 0 aromatic heterocycles. The van der Waals surface area contributed by atoms with Crippen LogP contribution in [0.4, 0.5) is 0 Å². The number of nitrogens with zero attached hydrogens (tertiary/aromatic N) is 1. The molecule has 0 heterocycles. The predicted octanol–water partition coefficient (Wildman–Crippen LogP) is 2.47. The Morgan fingerprint density at radius 1 is 1.31 bits per heavy atom. The molecule has 0 fully saturated rings. The molecule has 16 heavy (non-hydrogen) atoms. The van der Waals surface area contributed by atoms with Gasteiger partial charge in [0.15, 0.2) is 0 Å². The highest BCUT2D eigenvalue weighted by Gasteiger charge is 2.13. The SMILES string of the molecule is COC(=O)C(C#N)=C(C)c1ccc(C)cc1. The van der Waals surface area contributed by atoms with Crippen molar-refractivity contribution in [3.8, 4) is 6.07 Å². The summed E-state index contributed by atoms with van der Waals surface area (Å²) in [7, 11) is 1.27. The summed E-state index contributed by atoms with van der Waals surface area (Å²) in [6.07, 6.45) is 0. The summed E-state index contributed by atoms with van der Waals surface area (Å²) in [6.45, 7) is 3.72. The van der Waals surface area contributed by atoms with E-state index in [9.17, 15) is 4.79 Å². The molecule has 3 nitrogen and oxygen atoms in total. The molecule has 0 amide bonds. The Hall–Kier alpha value is -2.08. The van der Waals surface area contributed by atoms with Crippen LogP contribution >= 0.6 is 0 Å². The van der Waals surface area contributed by atoms with Gasteiger partial charge in [0, 0.05) is 0 Å². The van der Waals surface area contributed by atoms with Crippen LogP contribution in [0.2, 0.25) is 0 Å². The fraction of sp³-hybridized carbons (Fsp3) is 0.231. The third-order valence-corrected chi connectivity index (χ3v) is 2.36. The maximum atomic E-state index is 11.3. The molecule has 0 spiro atoms. The van der Waals surface area contributed by atoms with Gasteiger partial charge in [0.2, 0.25) is 0 Å². The van der Waals surface area contributed by atoms with Gasteiger partial charge in [0.25, 0.3) is 0 Å². The van der Waals surface area contributed by atoms with Gasteiger partial charge in [-0.3, -0.25) is 0 Å². The minimum atomic E-state index is -0.597. The summed E-state index contributed by atoms with van der Waals surface area (Å²) in [6, 6.07) is 9.50. The van der Waals surface area contributed by atoms with E-state index < -0.39 is 5.97 Å². The van der Waals surface area contributed by atoms with Crippen LogP contribution in [0.15, 0.2) is 29.8 Å². The van der Waals surface area contributed by atoms with Crippen molar-refractivity contribution in [1.29, 1.82) is 5.26 Å². The fourth-order valence-corrected chi connectivity index (χ4v) is 1.33. The van der Waals surface area contributed by atoms with Crippen molar-refractivity contribution in [3.63, 3.8) is 0 Å². The summed E-state index contributed by atoms with van der Waals surface area (Å²) < 4.78 is 4.55. The monoisotopic (exact) mass is 215 g/mol. The molecule has 0 saturated heterocycles. The highest BCUT2D eigenvalue weighted by molar-refractivity contribution is 6.01. The van der Waals surface area contributed by atoms with Gasteiger partial charge in [0.1, 0.15) is 11.6 Å². The van der Waals surface area contributed by atoms with Crippen LogP contribution in [-0.2, 0) is 9.53 Å². The lowest BCUT2D eigenvalue weighted by molar-refractivity contribution is -0.135. The first-order valence-electron chi connectivity index (χ1n) is 4.86. The van der Waals surface area contributed by atoms with Gasteiger partial charge >= 0.3 is 5.97 Å². The van der Waals surface area contributed by atoms with Crippen LogP contribution in [0.25, 0.3) is 5.57 Å². The Morgan fingerprint density at radius 3 is 2.31 bits per heavy atom. The number of carbonyl (C=O) groups is 1. The zero-order valence-electron chi connectivity index (χ0n) is 9.57. The van der Waals surface area contributed by atoms with Crippen molar-refractivity contribution in [2.75, 3.05) is 7.11 Å². The highest BCUT2D eigenvalue weighted by Crippen LogP contribution is 2.19. The number of esters is 1. The van der Waals surface area contributed by atoms with Crippen LogP contribution in [0.1, 0.15) is 18.1 Å². The van der Waals surface area contributed by atoms with Crippen molar-refractivity contribution >= 4 is 11.5 Å². The Balaban J connectivity index is 3.21. The smallest absolute Gasteiger partial charge is 0.348 e. The number of allylic oxidation sites excluding steroid dienone is 1. The Labute approximate surface area is 95.0 Å². The van der Waals surface area contributed by atoms with Crippen molar-refractivity contribution in [2.45, 2.75) is 13.8 Å². The summed E-state index contributed by atoms with van der Waals surface area (Å²) in [5, 5.41) is 8.91. The standard InChI is InChI=1S/C13H13NO2/c1-9-4-6-11(7-5-9)10(2)12(8-14)13(15)16-3/h4-7H,1-3H3. The molecule has 1 aromatic carbocycles. The summed E-state index contributed by atoms with van der Waals surface area (Å²) >= 11 is 0. The topological polar surface area (TPSA) is 50.1 Å². The van der Waals surface area contributed by atoms with Crippen molar-refractivity contribution in [3.05, 3.63) is 41.0 Å². The Bertz CT molecular complexity index is 464. The largest absolute Gasteiger partial charge is 0.465 e. The van der Waals surface area contributed by atoms with Crippen LogP contribution in [0.3, 0.4) is 0 Å². The molecule has 0 radical (unpaired) electrons. The minimum Gasteiger partial charge on any atom is -0.465 e. The predicted molar refractivity (Wildman–Crippen MR) is 61.4 cm³/mol. The van der Waals surface area contributed by atoms with Gasteiger partial charge in [-0.05, 0) is 25.0 Å². The van der Waals surface area contributed by atoms with Crippen LogP contribution in [-0.4, -0.2) is 13.1 Å². The van der Waals surface area contributed by atoms with Gasteiger partial charge in [-0.2, -0.15) is 5.26 Å². The van der Waals surface area contributed by atoms with E-state index in [1.807, 2.05) is 37.3 Å². The first-order chi connectivity index (χ1) is 7.60. The van der Waals surface area contributed by atoms with Gasteiger partial charge < -0.3 is 4.74 Å². The van der Waals surface area contributed by atoms with Crippen molar-refractivity contribution < 1.29 is 9.53 Å². The molecule has 0 unspecified atom stereocenters. The van der Waals surface area contributed by atoms with Gasteiger partial charge in [-0.1, -0.05) is 29.8 Å². The van der Waals surface area contributed by atoms with E-state index >= 15 is 0 Å². The van der Waals surface area contributed by atoms with E-state index in [4.69, 9.17) is 5.26 Å². The molecule has 0 saturated carbocycles. The summed E-state index contributed by atoms with van der Waals surface area (Å²) in [4.78, 5) is 11.3. The first kappa shape index (κ1) is 12.0. The number of ether oxygens (including phenoxy) is 1. The van der Waals surface area contributed by atoms with Crippen molar-refractivity contribution in [2.24, 2.45) is 0 Å². The van der Waals surface area contributed by atoms with Crippen molar-refractivity contribution in [1.82, 2.24) is 0 Å². The summed E-state index contributed by atoms with van der Waals surface area (Å²) in [5.74, 6) is -0.597. The summed E-state index contributed by atoms with van der Waals surface area (Å²) in [5.41, 5.74) is 2.67. The number of aryl methyl sites for hydroxylation is 1. The first-order valence-corrected chi connectivity index (χ1v) is 4.86. The normalized spacial score (nSPS) is 11.4.